The molecule has 0 aromatic heterocycles. The second-order valence-electron chi connectivity index (χ2n) is 5.28. The van der Waals surface area contributed by atoms with Crippen LogP contribution < -0.4 is 14.8 Å². The summed E-state index contributed by atoms with van der Waals surface area (Å²) in [5, 5.41) is 3.19. The Labute approximate surface area is 167 Å². The summed E-state index contributed by atoms with van der Waals surface area (Å²) in [6, 6.07) is 9.39. The molecule has 0 aliphatic heterocycles. The number of anilines is 1. The summed E-state index contributed by atoms with van der Waals surface area (Å²) < 4.78 is 16.0. The smallest absolute Gasteiger partial charge is 0.340 e. The molecule has 0 heterocycles. The van der Waals surface area contributed by atoms with Crippen LogP contribution in [0.1, 0.15) is 24.2 Å². The molecule has 2 rings (SSSR count). The summed E-state index contributed by atoms with van der Waals surface area (Å²) in [6.07, 6.45) is 0. The predicted molar refractivity (Wildman–Crippen MR) is 104 cm³/mol. The van der Waals surface area contributed by atoms with Crippen LogP contribution in [-0.4, -0.2) is 31.7 Å². The lowest BCUT2D eigenvalue weighted by Gasteiger charge is -2.13. The van der Waals surface area contributed by atoms with E-state index in [9.17, 15) is 9.59 Å². The van der Waals surface area contributed by atoms with Crippen LogP contribution in [0.5, 0.6) is 11.5 Å². The SMILES string of the molecule is CCOc1ccc(NC(=O)COC(=O)c2ccc(Cl)cc2Cl)cc1OCC. The van der Waals surface area contributed by atoms with Gasteiger partial charge in [-0.15, -0.1) is 0 Å². The van der Waals surface area contributed by atoms with Crippen molar-refractivity contribution in [2.24, 2.45) is 0 Å². The Morgan fingerprint density at radius 3 is 2.33 bits per heavy atom. The highest BCUT2D eigenvalue weighted by Gasteiger charge is 2.15. The van der Waals surface area contributed by atoms with E-state index in [0.717, 1.165) is 0 Å². The number of rotatable bonds is 8. The van der Waals surface area contributed by atoms with Crippen LogP contribution >= 0.6 is 23.2 Å². The molecule has 0 atom stereocenters. The van der Waals surface area contributed by atoms with E-state index < -0.39 is 18.5 Å². The van der Waals surface area contributed by atoms with E-state index in [2.05, 4.69) is 5.32 Å². The molecule has 8 heteroatoms. The van der Waals surface area contributed by atoms with Crippen LogP contribution in [-0.2, 0) is 9.53 Å². The van der Waals surface area contributed by atoms with Crippen molar-refractivity contribution in [3.8, 4) is 11.5 Å². The van der Waals surface area contributed by atoms with E-state index in [1.165, 1.54) is 18.2 Å². The Balaban J connectivity index is 1.97. The van der Waals surface area contributed by atoms with Gasteiger partial charge in [0.05, 0.1) is 23.8 Å². The molecule has 0 radical (unpaired) electrons. The van der Waals surface area contributed by atoms with Crippen LogP contribution in [0.2, 0.25) is 10.0 Å². The normalized spacial score (nSPS) is 10.2. The lowest BCUT2D eigenvalue weighted by atomic mass is 10.2. The number of carbonyl (C=O) groups excluding carboxylic acids is 2. The fourth-order valence-corrected chi connectivity index (χ4v) is 2.68. The van der Waals surface area contributed by atoms with Gasteiger partial charge in [-0.2, -0.15) is 0 Å². The minimum absolute atomic E-state index is 0.133. The maximum Gasteiger partial charge on any atom is 0.340 e. The number of esters is 1. The van der Waals surface area contributed by atoms with E-state index in [1.807, 2.05) is 13.8 Å². The second kappa shape index (κ2) is 10.0. The largest absolute Gasteiger partial charge is 0.490 e. The number of halogens is 2. The molecule has 0 fully saturated rings. The molecule has 2 aromatic rings. The molecule has 1 N–H and O–H groups in total. The third-order valence-electron chi connectivity index (χ3n) is 3.31. The van der Waals surface area contributed by atoms with Gasteiger partial charge in [0.25, 0.3) is 5.91 Å². The monoisotopic (exact) mass is 411 g/mol. The number of hydrogen-bond acceptors (Lipinski definition) is 5. The van der Waals surface area contributed by atoms with Crippen LogP contribution in [0.3, 0.4) is 0 Å². The van der Waals surface area contributed by atoms with Crippen LogP contribution in [0, 0.1) is 0 Å². The molecular weight excluding hydrogens is 393 g/mol. The van der Waals surface area contributed by atoms with E-state index >= 15 is 0 Å². The second-order valence-corrected chi connectivity index (χ2v) is 6.12. The van der Waals surface area contributed by atoms with Gasteiger partial charge in [0, 0.05) is 16.8 Å². The molecule has 27 heavy (non-hydrogen) atoms. The summed E-state index contributed by atoms with van der Waals surface area (Å²) in [5.74, 6) is -0.114. The summed E-state index contributed by atoms with van der Waals surface area (Å²) in [4.78, 5) is 24.1. The fraction of sp³-hybridized carbons (Fsp3) is 0.263. The molecule has 6 nitrogen and oxygen atoms in total. The number of amides is 1. The topological polar surface area (TPSA) is 73.9 Å². The van der Waals surface area contributed by atoms with Crippen molar-refractivity contribution in [2.45, 2.75) is 13.8 Å². The number of hydrogen-bond donors (Lipinski definition) is 1. The Kier molecular flexibility index (Phi) is 7.76. The molecule has 144 valence electrons. The quantitative estimate of drug-likeness (QED) is 0.643. The van der Waals surface area contributed by atoms with Gasteiger partial charge in [-0.3, -0.25) is 4.79 Å². The van der Waals surface area contributed by atoms with Gasteiger partial charge in [-0.1, -0.05) is 23.2 Å². The zero-order valence-electron chi connectivity index (χ0n) is 14.9. The third-order valence-corrected chi connectivity index (χ3v) is 3.86. The highest BCUT2D eigenvalue weighted by Crippen LogP contribution is 2.30. The van der Waals surface area contributed by atoms with E-state index in [-0.39, 0.29) is 10.6 Å². The maximum absolute atomic E-state index is 12.1. The first kappa shape index (κ1) is 20.9. The first-order valence-corrected chi connectivity index (χ1v) is 9.01. The van der Waals surface area contributed by atoms with Crippen molar-refractivity contribution in [1.29, 1.82) is 0 Å². The van der Waals surface area contributed by atoms with Gasteiger partial charge >= 0.3 is 5.97 Å². The van der Waals surface area contributed by atoms with Gasteiger partial charge < -0.3 is 19.5 Å². The Morgan fingerprint density at radius 2 is 1.67 bits per heavy atom. The zero-order chi connectivity index (χ0) is 19.8. The molecular formula is C19H19Cl2NO5. The minimum atomic E-state index is -0.714. The molecule has 0 spiro atoms. The molecule has 0 unspecified atom stereocenters. The highest BCUT2D eigenvalue weighted by atomic mass is 35.5. The van der Waals surface area contributed by atoms with Crippen molar-refractivity contribution >= 4 is 40.8 Å². The maximum atomic E-state index is 12.1. The van der Waals surface area contributed by atoms with Crippen LogP contribution in [0.4, 0.5) is 5.69 Å². The van der Waals surface area contributed by atoms with Gasteiger partial charge in [0.2, 0.25) is 0 Å². The first-order chi connectivity index (χ1) is 12.9. The summed E-state index contributed by atoms with van der Waals surface area (Å²) in [6.45, 7) is 4.20. The average Bonchev–Trinajstić information content (AvgIpc) is 2.62. The zero-order valence-corrected chi connectivity index (χ0v) is 16.4. The average molecular weight is 412 g/mol. The number of ether oxygens (including phenoxy) is 3. The van der Waals surface area contributed by atoms with Gasteiger partial charge in [-0.25, -0.2) is 4.79 Å². The molecule has 0 bridgehead atoms. The molecule has 0 aliphatic carbocycles. The fourth-order valence-electron chi connectivity index (χ4n) is 2.19. The molecule has 0 saturated heterocycles. The Hall–Kier alpha value is -2.44. The van der Waals surface area contributed by atoms with Gasteiger partial charge in [0.15, 0.2) is 18.1 Å². The summed E-state index contributed by atoms with van der Waals surface area (Å²) in [7, 11) is 0. The van der Waals surface area contributed by atoms with E-state index in [4.69, 9.17) is 37.4 Å². The van der Waals surface area contributed by atoms with Crippen LogP contribution in [0.15, 0.2) is 36.4 Å². The van der Waals surface area contributed by atoms with E-state index in [0.29, 0.717) is 35.4 Å². The lowest BCUT2D eigenvalue weighted by molar-refractivity contribution is -0.119. The van der Waals surface area contributed by atoms with Gasteiger partial charge in [-0.05, 0) is 44.2 Å². The Bertz CT molecular complexity index is 826. The number of carbonyl (C=O) groups is 2. The molecule has 1 amide bonds. The number of benzene rings is 2. The molecule has 0 aliphatic rings. The third kappa shape index (κ3) is 6.05. The van der Waals surface area contributed by atoms with Crippen molar-refractivity contribution < 1.29 is 23.8 Å². The van der Waals surface area contributed by atoms with Crippen molar-refractivity contribution in [2.75, 3.05) is 25.1 Å². The van der Waals surface area contributed by atoms with Crippen LogP contribution in [0.25, 0.3) is 0 Å². The van der Waals surface area contributed by atoms with Crippen molar-refractivity contribution in [3.63, 3.8) is 0 Å². The van der Waals surface area contributed by atoms with Gasteiger partial charge in [0.1, 0.15) is 0 Å². The summed E-state index contributed by atoms with van der Waals surface area (Å²) >= 11 is 11.7. The molecule has 0 saturated carbocycles. The highest BCUT2D eigenvalue weighted by molar-refractivity contribution is 6.36. The van der Waals surface area contributed by atoms with Crippen molar-refractivity contribution in [3.05, 3.63) is 52.0 Å². The summed E-state index contributed by atoms with van der Waals surface area (Å²) in [5.41, 5.74) is 0.626. The molecule has 2 aromatic carbocycles. The standard InChI is InChI=1S/C19H19Cl2NO5/c1-3-25-16-8-6-13(10-17(16)26-4-2)22-18(23)11-27-19(24)14-7-5-12(20)9-15(14)21/h5-10H,3-4,11H2,1-2H3,(H,22,23). The number of nitrogens with one attached hydrogen (secondary N) is 1. The Morgan fingerprint density at radius 1 is 0.963 bits per heavy atom. The van der Waals surface area contributed by atoms with E-state index in [1.54, 1.807) is 18.2 Å². The lowest BCUT2D eigenvalue weighted by Crippen LogP contribution is -2.21. The predicted octanol–water partition coefficient (Wildman–Crippen LogP) is 4.59. The first-order valence-electron chi connectivity index (χ1n) is 8.26. The minimum Gasteiger partial charge on any atom is -0.490 e. The van der Waals surface area contributed by atoms with Crippen molar-refractivity contribution in [1.82, 2.24) is 0 Å².